The molecule has 0 spiro atoms. The monoisotopic (exact) mass is 228 g/mol. The van der Waals surface area contributed by atoms with Crippen LogP contribution < -0.4 is 21.3 Å². The summed E-state index contributed by atoms with van der Waals surface area (Å²) in [5.74, 6) is 0. The van der Waals surface area contributed by atoms with Crippen LogP contribution in [0.2, 0.25) is 0 Å². The zero-order valence-corrected chi connectivity index (χ0v) is 10.9. The fourth-order valence-electron chi connectivity index (χ4n) is 1.86. The molecule has 1 heterocycles. The first kappa shape index (κ1) is 13.9. The predicted molar refractivity (Wildman–Crippen MR) is 69.9 cm³/mol. The molecule has 4 nitrogen and oxygen atoms in total. The van der Waals surface area contributed by atoms with Crippen molar-refractivity contribution in [3.8, 4) is 0 Å². The zero-order valence-electron chi connectivity index (χ0n) is 10.9. The van der Waals surface area contributed by atoms with Crippen molar-refractivity contribution in [3.05, 3.63) is 0 Å². The van der Waals surface area contributed by atoms with Gasteiger partial charge in [-0.05, 0) is 24.9 Å². The van der Waals surface area contributed by atoms with Gasteiger partial charge < -0.3 is 21.3 Å². The molecule has 0 unspecified atom stereocenters. The lowest BCUT2D eigenvalue weighted by molar-refractivity contribution is 0.319. The Kier molecular flexibility index (Phi) is 6.96. The smallest absolute Gasteiger partial charge is 0.00769 e. The van der Waals surface area contributed by atoms with Gasteiger partial charge in [0.15, 0.2) is 0 Å². The third-order valence-electron chi connectivity index (χ3n) is 2.87. The maximum atomic E-state index is 3.51. The summed E-state index contributed by atoms with van der Waals surface area (Å²) < 4.78 is 0. The highest BCUT2D eigenvalue weighted by atomic mass is 15.0. The van der Waals surface area contributed by atoms with E-state index in [1.54, 1.807) is 0 Å². The summed E-state index contributed by atoms with van der Waals surface area (Å²) in [6.45, 7) is 13.3. The molecular weight excluding hydrogens is 200 g/mol. The molecule has 1 aliphatic heterocycles. The highest BCUT2D eigenvalue weighted by Gasteiger charge is 2.16. The van der Waals surface area contributed by atoms with E-state index in [0.717, 1.165) is 52.4 Å². The normalized spacial score (nSPS) is 25.9. The maximum absolute atomic E-state index is 3.51. The van der Waals surface area contributed by atoms with Gasteiger partial charge in [-0.25, -0.2) is 0 Å². The van der Waals surface area contributed by atoms with E-state index in [-0.39, 0.29) is 0 Å². The van der Waals surface area contributed by atoms with Crippen LogP contribution in [0.1, 0.15) is 20.3 Å². The molecule has 1 aliphatic rings. The molecule has 16 heavy (non-hydrogen) atoms. The average Bonchev–Trinajstić information content (AvgIpc) is 2.24. The molecule has 0 atom stereocenters. The van der Waals surface area contributed by atoms with Gasteiger partial charge in [-0.1, -0.05) is 13.8 Å². The topological polar surface area (TPSA) is 48.1 Å². The van der Waals surface area contributed by atoms with Crippen molar-refractivity contribution < 1.29 is 0 Å². The van der Waals surface area contributed by atoms with Crippen molar-refractivity contribution in [2.75, 3.05) is 52.4 Å². The van der Waals surface area contributed by atoms with Crippen molar-refractivity contribution in [1.82, 2.24) is 21.3 Å². The minimum absolute atomic E-state index is 0.337. The summed E-state index contributed by atoms with van der Waals surface area (Å²) in [6.07, 6.45) is 1.21. The van der Waals surface area contributed by atoms with E-state index >= 15 is 0 Å². The first-order valence-electron chi connectivity index (χ1n) is 6.54. The lowest BCUT2D eigenvalue weighted by Gasteiger charge is -2.26. The van der Waals surface area contributed by atoms with Crippen molar-refractivity contribution in [3.63, 3.8) is 0 Å². The van der Waals surface area contributed by atoms with Gasteiger partial charge in [-0.2, -0.15) is 0 Å². The lowest BCUT2D eigenvalue weighted by Crippen LogP contribution is -2.42. The summed E-state index contributed by atoms with van der Waals surface area (Å²) >= 11 is 0. The molecule has 96 valence electrons. The summed E-state index contributed by atoms with van der Waals surface area (Å²) in [5, 5.41) is 13.9. The van der Waals surface area contributed by atoms with Crippen LogP contribution in [0.15, 0.2) is 0 Å². The first-order valence-corrected chi connectivity index (χ1v) is 6.54. The molecular formula is C12H28N4. The second kappa shape index (κ2) is 8.01. The number of nitrogens with one attached hydrogen (secondary N) is 4. The summed E-state index contributed by atoms with van der Waals surface area (Å²) in [4.78, 5) is 0. The summed E-state index contributed by atoms with van der Waals surface area (Å²) in [6, 6.07) is 0. The Balaban J connectivity index is 2.22. The minimum atomic E-state index is 0.337. The molecule has 0 amide bonds. The largest absolute Gasteiger partial charge is 0.315 e. The van der Waals surface area contributed by atoms with Crippen LogP contribution in [0, 0.1) is 5.41 Å². The molecule has 4 N–H and O–H groups in total. The van der Waals surface area contributed by atoms with Gasteiger partial charge in [-0.15, -0.1) is 0 Å². The lowest BCUT2D eigenvalue weighted by atomic mass is 9.93. The van der Waals surface area contributed by atoms with Crippen molar-refractivity contribution >= 4 is 0 Å². The van der Waals surface area contributed by atoms with E-state index in [2.05, 4.69) is 35.1 Å². The molecule has 0 aromatic carbocycles. The molecule has 0 aliphatic carbocycles. The van der Waals surface area contributed by atoms with Gasteiger partial charge in [0.25, 0.3) is 0 Å². The maximum Gasteiger partial charge on any atom is 0.00769 e. The van der Waals surface area contributed by atoms with Crippen LogP contribution in [0.25, 0.3) is 0 Å². The molecule has 1 fully saturated rings. The minimum Gasteiger partial charge on any atom is -0.315 e. The average molecular weight is 228 g/mol. The van der Waals surface area contributed by atoms with E-state index in [1.807, 2.05) is 0 Å². The number of hydrogen-bond donors (Lipinski definition) is 4. The Morgan fingerprint density at radius 2 is 1.06 bits per heavy atom. The SMILES string of the molecule is CC1(C)CNCCNCCCNCCNC1. The predicted octanol–water partition coefficient (Wildman–Crippen LogP) is -0.225. The highest BCUT2D eigenvalue weighted by Crippen LogP contribution is 2.10. The van der Waals surface area contributed by atoms with Crippen LogP contribution in [0.5, 0.6) is 0 Å². The Labute approximate surface area is 99.9 Å². The summed E-state index contributed by atoms with van der Waals surface area (Å²) in [5.41, 5.74) is 0.337. The number of rotatable bonds is 0. The molecule has 1 rings (SSSR count). The van der Waals surface area contributed by atoms with E-state index < -0.39 is 0 Å². The molecule has 1 saturated heterocycles. The third-order valence-corrected chi connectivity index (χ3v) is 2.87. The molecule has 0 saturated carbocycles. The van der Waals surface area contributed by atoms with E-state index in [9.17, 15) is 0 Å². The fourth-order valence-corrected chi connectivity index (χ4v) is 1.86. The summed E-state index contributed by atoms with van der Waals surface area (Å²) in [7, 11) is 0. The van der Waals surface area contributed by atoms with Gasteiger partial charge in [0, 0.05) is 39.3 Å². The van der Waals surface area contributed by atoms with Gasteiger partial charge >= 0.3 is 0 Å². The Hall–Kier alpha value is -0.160. The molecule has 0 aromatic heterocycles. The van der Waals surface area contributed by atoms with Crippen LogP contribution in [0.3, 0.4) is 0 Å². The van der Waals surface area contributed by atoms with Crippen LogP contribution in [-0.4, -0.2) is 52.4 Å². The first-order chi connectivity index (χ1) is 7.71. The highest BCUT2D eigenvalue weighted by molar-refractivity contribution is 4.75. The molecule has 0 bridgehead atoms. The van der Waals surface area contributed by atoms with Crippen molar-refractivity contribution in [2.24, 2.45) is 5.41 Å². The zero-order chi connectivity index (χ0) is 11.7. The van der Waals surface area contributed by atoms with Crippen LogP contribution >= 0.6 is 0 Å². The second-order valence-electron chi connectivity index (χ2n) is 5.37. The Morgan fingerprint density at radius 1 is 0.625 bits per heavy atom. The van der Waals surface area contributed by atoms with Gasteiger partial charge in [-0.3, -0.25) is 0 Å². The fraction of sp³-hybridized carbons (Fsp3) is 1.00. The van der Waals surface area contributed by atoms with E-state index in [4.69, 9.17) is 0 Å². The molecule has 0 radical (unpaired) electrons. The molecule has 4 heteroatoms. The van der Waals surface area contributed by atoms with Crippen molar-refractivity contribution in [2.45, 2.75) is 20.3 Å². The number of hydrogen-bond acceptors (Lipinski definition) is 4. The van der Waals surface area contributed by atoms with Crippen LogP contribution in [0.4, 0.5) is 0 Å². The molecule has 0 aromatic rings. The van der Waals surface area contributed by atoms with Crippen LogP contribution in [-0.2, 0) is 0 Å². The Morgan fingerprint density at radius 3 is 1.56 bits per heavy atom. The Bertz CT molecular complexity index is 154. The van der Waals surface area contributed by atoms with Gasteiger partial charge in [0.1, 0.15) is 0 Å². The van der Waals surface area contributed by atoms with E-state index in [0.29, 0.717) is 5.41 Å². The van der Waals surface area contributed by atoms with E-state index in [1.165, 1.54) is 6.42 Å². The van der Waals surface area contributed by atoms with Crippen molar-refractivity contribution in [1.29, 1.82) is 0 Å². The van der Waals surface area contributed by atoms with Gasteiger partial charge in [0.05, 0.1) is 0 Å². The second-order valence-corrected chi connectivity index (χ2v) is 5.37. The quantitative estimate of drug-likeness (QED) is 0.463. The third kappa shape index (κ3) is 7.17. The van der Waals surface area contributed by atoms with Gasteiger partial charge in [0.2, 0.25) is 0 Å². The standard InChI is InChI=1S/C12H28N4/c1-12(2)10-15-8-6-13-4-3-5-14-7-9-16-11-12/h13-16H,3-11H2,1-2H3.